The van der Waals surface area contributed by atoms with Crippen molar-refractivity contribution in [3.05, 3.63) is 63.7 Å². The van der Waals surface area contributed by atoms with E-state index in [9.17, 15) is 22.8 Å². The van der Waals surface area contributed by atoms with Crippen molar-refractivity contribution in [3.8, 4) is 0 Å². The van der Waals surface area contributed by atoms with E-state index in [0.717, 1.165) is 11.6 Å². The number of nitrogens with zero attached hydrogens (tertiary/aromatic N) is 1. The number of benzene rings is 2. The van der Waals surface area contributed by atoms with Gasteiger partial charge in [0.2, 0.25) is 11.8 Å². The lowest BCUT2D eigenvalue weighted by Gasteiger charge is -2.32. The molecule has 2 amide bonds. The van der Waals surface area contributed by atoms with Crippen LogP contribution in [-0.2, 0) is 11.0 Å². The van der Waals surface area contributed by atoms with E-state index in [1.54, 1.807) is 18.2 Å². The van der Waals surface area contributed by atoms with Crippen molar-refractivity contribution < 1.29 is 22.8 Å². The van der Waals surface area contributed by atoms with Crippen LogP contribution in [-0.4, -0.2) is 29.8 Å². The normalized spacial score (nSPS) is 16.9. The van der Waals surface area contributed by atoms with Crippen LogP contribution in [0.25, 0.3) is 0 Å². The maximum absolute atomic E-state index is 13.9. The second-order valence-electron chi connectivity index (χ2n) is 7.38. The van der Waals surface area contributed by atoms with Crippen LogP contribution in [0.4, 0.5) is 18.9 Å². The number of fused-ring (bicyclic) bond motifs is 1. The highest BCUT2D eigenvalue weighted by atomic mass is 35.5. The van der Waals surface area contributed by atoms with Gasteiger partial charge in [0.15, 0.2) is 0 Å². The number of carbonyl (C=O) groups is 2. The smallest absolute Gasteiger partial charge is 0.366 e. The van der Waals surface area contributed by atoms with Crippen molar-refractivity contribution in [2.75, 3.05) is 18.4 Å². The minimum absolute atomic E-state index is 0.0314. The minimum atomic E-state index is -4.75. The number of carbonyl (C=O) groups excluding carboxylic acids is 2. The third kappa shape index (κ3) is 4.55. The molecule has 1 heterocycles. The SMILES string of the molecule is CCN(CC)C(CC1C(=O)Nc2cc(C(N)=O)cc(C(F)(F)F)c21)c1ccccc1Cl. The third-order valence-electron chi connectivity index (χ3n) is 5.67. The summed E-state index contributed by atoms with van der Waals surface area (Å²) >= 11 is 6.40. The van der Waals surface area contributed by atoms with Crippen molar-refractivity contribution in [1.82, 2.24) is 4.90 Å². The van der Waals surface area contributed by atoms with Gasteiger partial charge in [-0.25, -0.2) is 0 Å². The molecule has 31 heavy (non-hydrogen) atoms. The molecule has 0 saturated heterocycles. The van der Waals surface area contributed by atoms with Gasteiger partial charge < -0.3 is 11.1 Å². The van der Waals surface area contributed by atoms with Gasteiger partial charge >= 0.3 is 6.18 Å². The Labute approximate surface area is 183 Å². The Balaban J connectivity index is 2.13. The summed E-state index contributed by atoms with van der Waals surface area (Å²) in [6.07, 6.45) is -4.65. The summed E-state index contributed by atoms with van der Waals surface area (Å²) in [5.41, 5.74) is 4.42. The second kappa shape index (κ2) is 8.88. The Bertz CT molecular complexity index is 1010. The maximum atomic E-state index is 13.9. The van der Waals surface area contributed by atoms with Crippen LogP contribution in [0.3, 0.4) is 0 Å². The van der Waals surface area contributed by atoms with Crippen molar-refractivity contribution in [2.24, 2.45) is 5.73 Å². The molecule has 0 spiro atoms. The van der Waals surface area contributed by atoms with Gasteiger partial charge in [-0.2, -0.15) is 13.2 Å². The van der Waals surface area contributed by atoms with Gasteiger partial charge in [-0.1, -0.05) is 43.6 Å². The molecule has 166 valence electrons. The molecule has 0 radical (unpaired) electrons. The topological polar surface area (TPSA) is 75.4 Å². The number of nitrogens with two attached hydrogens (primary N) is 1. The summed E-state index contributed by atoms with van der Waals surface area (Å²) in [4.78, 5) is 26.4. The fourth-order valence-electron chi connectivity index (χ4n) is 4.19. The Morgan fingerprint density at radius 1 is 1.23 bits per heavy atom. The second-order valence-corrected chi connectivity index (χ2v) is 7.79. The lowest BCUT2D eigenvalue weighted by Crippen LogP contribution is -2.31. The van der Waals surface area contributed by atoms with E-state index in [1.165, 1.54) is 6.07 Å². The third-order valence-corrected chi connectivity index (χ3v) is 6.01. The van der Waals surface area contributed by atoms with Crippen molar-refractivity contribution in [2.45, 2.75) is 38.4 Å². The van der Waals surface area contributed by atoms with Crippen LogP contribution in [0.2, 0.25) is 5.02 Å². The van der Waals surface area contributed by atoms with Gasteiger partial charge in [-0.3, -0.25) is 14.5 Å². The van der Waals surface area contributed by atoms with Crippen LogP contribution < -0.4 is 11.1 Å². The van der Waals surface area contributed by atoms with Gasteiger partial charge in [-0.15, -0.1) is 0 Å². The zero-order valence-electron chi connectivity index (χ0n) is 17.1. The summed E-state index contributed by atoms with van der Waals surface area (Å²) in [7, 11) is 0. The van der Waals surface area contributed by atoms with E-state index >= 15 is 0 Å². The molecule has 2 unspecified atom stereocenters. The number of primary amides is 1. The number of alkyl halides is 3. The first-order valence-corrected chi connectivity index (χ1v) is 10.3. The quantitative estimate of drug-likeness (QED) is 0.621. The first-order valence-electron chi connectivity index (χ1n) is 9.92. The van der Waals surface area contributed by atoms with E-state index in [-0.39, 0.29) is 29.3 Å². The highest BCUT2D eigenvalue weighted by Gasteiger charge is 2.44. The number of amides is 2. The van der Waals surface area contributed by atoms with Crippen LogP contribution in [0, 0.1) is 0 Å². The van der Waals surface area contributed by atoms with Gasteiger partial charge in [0.05, 0.1) is 11.5 Å². The van der Waals surface area contributed by atoms with E-state index < -0.39 is 29.5 Å². The molecule has 0 aromatic heterocycles. The van der Waals surface area contributed by atoms with E-state index in [1.807, 2.05) is 19.9 Å². The molecule has 9 heteroatoms. The Morgan fingerprint density at radius 2 is 1.87 bits per heavy atom. The molecule has 1 aliphatic heterocycles. The van der Waals surface area contributed by atoms with E-state index in [4.69, 9.17) is 17.3 Å². The number of hydrogen-bond donors (Lipinski definition) is 2. The summed E-state index contributed by atoms with van der Waals surface area (Å²) in [6.45, 7) is 5.13. The molecule has 0 fully saturated rings. The minimum Gasteiger partial charge on any atom is -0.366 e. The molecule has 2 atom stereocenters. The Morgan fingerprint density at radius 3 is 2.42 bits per heavy atom. The number of halogens is 4. The Kier molecular flexibility index (Phi) is 6.62. The predicted molar refractivity (Wildman–Crippen MR) is 113 cm³/mol. The lowest BCUT2D eigenvalue weighted by atomic mass is 9.86. The van der Waals surface area contributed by atoms with Crippen LogP contribution >= 0.6 is 11.6 Å². The average Bonchev–Trinajstić information content (AvgIpc) is 3.02. The summed E-state index contributed by atoms with van der Waals surface area (Å²) in [5.74, 6) is -2.61. The fraction of sp³-hybridized carbons (Fsp3) is 0.364. The van der Waals surface area contributed by atoms with Crippen molar-refractivity contribution in [3.63, 3.8) is 0 Å². The highest BCUT2D eigenvalue weighted by molar-refractivity contribution is 6.31. The number of rotatable bonds is 7. The molecule has 3 rings (SSSR count). The summed E-state index contributed by atoms with van der Waals surface area (Å²) in [6, 6.07) is 8.66. The van der Waals surface area contributed by atoms with E-state index in [2.05, 4.69) is 10.2 Å². The van der Waals surface area contributed by atoms with Crippen molar-refractivity contribution in [1.29, 1.82) is 0 Å². The van der Waals surface area contributed by atoms with Gasteiger partial charge in [-0.05, 0) is 43.3 Å². The van der Waals surface area contributed by atoms with E-state index in [0.29, 0.717) is 18.1 Å². The molecule has 3 N–H and O–H groups in total. The number of nitrogens with one attached hydrogen (secondary N) is 1. The first-order chi connectivity index (χ1) is 14.6. The molecule has 5 nitrogen and oxygen atoms in total. The standard InChI is InChI=1S/C22H23ClF3N3O2/c1-3-29(4-2)18(13-7-5-6-8-16(13)23)11-14-19-15(22(24,25)26)9-12(20(27)30)10-17(19)28-21(14)31/h5-10,14,18H,3-4,11H2,1-2H3,(H2,27,30)(H,28,31). The van der Waals surface area contributed by atoms with Crippen LogP contribution in [0.5, 0.6) is 0 Å². The predicted octanol–water partition coefficient (Wildman–Crippen LogP) is 4.97. The average molecular weight is 454 g/mol. The lowest BCUT2D eigenvalue weighted by molar-refractivity contribution is -0.138. The molecule has 0 aliphatic carbocycles. The monoisotopic (exact) mass is 453 g/mol. The van der Waals surface area contributed by atoms with Gasteiger partial charge in [0.25, 0.3) is 0 Å². The molecular formula is C22H23ClF3N3O2. The van der Waals surface area contributed by atoms with Gasteiger partial charge in [0, 0.05) is 27.9 Å². The Hall–Kier alpha value is -2.58. The largest absolute Gasteiger partial charge is 0.416 e. The zero-order chi connectivity index (χ0) is 22.9. The van der Waals surface area contributed by atoms with Crippen LogP contribution in [0.1, 0.15) is 59.3 Å². The molecule has 0 bridgehead atoms. The number of anilines is 1. The molecular weight excluding hydrogens is 431 g/mol. The zero-order valence-corrected chi connectivity index (χ0v) is 17.8. The number of hydrogen-bond acceptors (Lipinski definition) is 3. The fourth-order valence-corrected chi connectivity index (χ4v) is 4.45. The van der Waals surface area contributed by atoms with Crippen molar-refractivity contribution >= 4 is 29.1 Å². The summed E-state index contributed by atoms with van der Waals surface area (Å²) < 4.78 is 41.6. The molecule has 1 aliphatic rings. The van der Waals surface area contributed by atoms with Crippen LogP contribution in [0.15, 0.2) is 36.4 Å². The molecule has 2 aromatic carbocycles. The van der Waals surface area contributed by atoms with Gasteiger partial charge in [0.1, 0.15) is 0 Å². The molecule has 2 aromatic rings. The first kappa shape index (κ1) is 23.1. The summed E-state index contributed by atoms with van der Waals surface area (Å²) in [5, 5.41) is 2.99. The molecule has 0 saturated carbocycles. The highest BCUT2D eigenvalue weighted by Crippen LogP contribution is 2.47. The maximum Gasteiger partial charge on any atom is 0.416 e.